The average molecular weight is 325 g/mol. The van der Waals surface area contributed by atoms with E-state index in [1.807, 2.05) is 49.6 Å². The fourth-order valence-corrected chi connectivity index (χ4v) is 2.40. The van der Waals surface area contributed by atoms with Crippen LogP contribution in [0, 0.1) is 6.92 Å². The second-order valence-corrected chi connectivity index (χ2v) is 5.52. The molecule has 0 radical (unpaired) electrons. The summed E-state index contributed by atoms with van der Waals surface area (Å²) in [6, 6.07) is 12.6. The monoisotopic (exact) mass is 325 g/mol. The topological polar surface area (TPSA) is 85.0 Å². The van der Waals surface area contributed by atoms with Crippen molar-refractivity contribution in [2.45, 2.75) is 19.5 Å². The van der Waals surface area contributed by atoms with Crippen molar-refractivity contribution in [1.82, 2.24) is 20.3 Å². The molecule has 0 spiro atoms. The minimum atomic E-state index is -0.523. The maximum absolute atomic E-state index is 12.7. The van der Waals surface area contributed by atoms with Crippen molar-refractivity contribution in [3.05, 3.63) is 65.7 Å². The Bertz CT molecular complexity index is 809. The van der Waals surface area contributed by atoms with Crippen LogP contribution in [0.1, 0.15) is 23.1 Å². The van der Waals surface area contributed by atoms with Gasteiger partial charge in [0, 0.05) is 25.9 Å². The fourth-order valence-electron chi connectivity index (χ4n) is 2.40. The van der Waals surface area contributed by atoms with Crippen LogP contribution in [0.5, 0.6) is 0 Å². The summed E-state index contributed by atoms with van der Waals surface area (Å²) in [6.45, 7) is 2.25. The lowest BCUT2D eigenvalue weighted by molar-refractivity contribution is -0.118. The van der Waals surface area contributed by atoms with E-state index in [0.29, 0.717) is 18.1 Å². The van der Waals surface area contributed by atoms with E-state index in [9.17, 15) is 4.79 Å². The zero-order chi connectivity index (χ0) is 16.9. The summed E-state index contributed by atoms with van der Waals surface area (Å²) >= 11 is 0. The van der Waals surface area contributed by atoms with Gasteiger partial charge in [-0.3, -0.25) is 14.8 Å². The Morgan fingerprint density at radius 2 is 2.08 bits per heavy atom. The van der Waals surface area contributed by atoms with Crippen molar-refractivity contribution < 1.29 is 9.32 Å². The van der Waals surface area contributed by atoms with Gasteiger partial charge in [-0.05, 0) is 18.6 Å². The molecule has 1 unspecified atom stereocenters. The molecule has 0 aliphatic rings. The summed E-state index contributed by atoms with van der Waals surface area (Å²) in [7, 11) is 1.86. The molecule has 0 fully saturated rings. The summed E-state index contributed by atoms with van der Waals surface area (Å²) in [4.78, 5) is 12.7. The second-order valence-electron chi connectivity index (χ2n) is 5.52. The number of aryl methyl sites for hydroxylation is 2. The first-order valence-corrected chi connectivity index (χ1v) is 7.63. The number of benzene rings is 1. The van der Waals surface area contributed by atoms with Crippen LogP contribution in [0.3, 0.4) is 0 Å². The maximum atomic E-state index is 12.7. The lowest BCUT2D eigenvalue weighted by Gasteiger charge is -2.17. The molecule has 124 valence electrons. The smallest absolute Gasteiger partial charge is 0.247 e. The fraction of sp³-hybridized carbons (Fsp3) is 0.235. The highest BCUT2D eigenvalue weighted by Gasteiger charge is 2.21. The van der Waals surface area contributed by atoms with E-state index in [4.69, 9.17) is 4.52 Å². The Morgan fingerprint density at radius 3 is 2.71 bits per heavy atom. The van der Waals surface area contributed by atoms with E-state index in [1.165, 1.54) is 0 Å². The first kappa shape index (κ1) is 15.9. The SMILES string of the molecule is Cc1cc(NC(=O)C(NCc2ccn(C)n2)c2ccccc2)no1. The number of hydrogen-bond donors (Lipinski definition) is 2. The molecule has 2 aromatic heterocycles. The molecule has 0 bridgehead atoms. The number of anilines is 1. The van der Waals surface area contributed by atoms with Gasteiger partial charge >= 0.3 is 0 Å². The van der Waals surface area contributed by atoms with Gasteiger partial charge in [-0.2, -0.15) is 5.10 Å². The molecule has 0 saturated carbocycles. The normalized spacial score (nSPS) is 12.1. The van der Waals surface area contributed by atoms with Crippen molar-refractivity contribution >= 4 is 11.7 Å². The number of carbonyl (C=O) groups excluding carboxylic acids is 1. The summed E-state index contributed by atoms with van der Waals surface area (Å²) < 4.78 is 6.71. The number of nitrogens with one attached hydrogen (secondary N) is 2. The standard InChI is InChI=1S/C17H19N5O2/c1-12-10-15(21-24-12)19-17(23)16(13-6-4-3-5-7-13)18-11-14-8-9-22(2)20-14/h3-10,16,18H,11H2,1-2H3,(H,19,21,23). The van der Waals surface area contributed by atoms with Crippen molar-refractivity contribution in [1.29, 1.82) is 0 Å². The lowest BCUT2D eigenvalue weighted by Crippen LogP contribution is -2.33. The Hall–Kier alpha value is -2.93. The predicted molar refractivity (Wildman–Crippen MR) is 89.1 cm³/mol. The van der Waals surface area contributed by atoms with E-state index in [-0.39, 0.29) is 5.91 Å². The minimum Gasteiger partial charge on any atom is -0.360 e. The molecule has 0 aliphatic carbocycles. The Labute approximate surface area is 139 Å². The maximum Gasteiger partial charge on any atom is 0.247 e. The van der Waals surface area contributed by atoms with Crippen LogP contribution in [-0.2, 0) is 18.4 Å². The van der Waals surface area contributed by atoms with Gasteiger partial charge in [0.2, 0.25) is 5.91 Å². The summed E-state index contributed by atoms with van der Waals surface area (Å²) in [6.07, 6.45) is 1.87. The molecule has 3 aromatic rings. The van der Waals surface area contributed by atoms with E-state index in [2.05, 4.69) is 20.9 Å². The van der Waals surface area contributed by atoms with Crippen LogP contribution in [0.4, 0.5) is 5.82 Å². The van der Waals surface area contributed by atoms with Crippen LogP contribution in [0.15, 0.2) is 53.2 Å². The molecule has 0 saturated heterocycles. The third-order valence-electron chi connectivity index (χ3n) is 3.53. The van der Waals surface area contributed by atoms with Gasteiger partial charge in [0.25, 0.3) is 0 Å². The van der Waals surface area contributed by atoms with Crippen LogP contribution >= 0.6 is 0 Å². The molecule has 1 aromatic carbocycles. The molecule has 0 aliphatic heterocycles. The van der Waals surface area contributed by atoms with Crippen LogP contribution in [-0.4, -0.2) is 20.8 Å². The van der Waals surface area contributed by atoms with E-state index >= 15 is 0 Å². The predicted octanol–water partition coefficient (Wildman–Crippen LogP) is 2.19. The Kier molecular flexibility index (Phi) is 4.72. The van der Waals surface area contributed by atoms with E-state index in [0.717, 1.165) is 11.3 Å². The third kappa shape index (κ3) is 3.88. The highest BCUT2D eigenvalue weighted by atomic mass is 16.5. The zero-order valence-corrected chi connectivity index (χ0v) is 13.6. The van der Waals surface area contributed by atoms with Crippen LogP contribution < -0.4 is 10.6 Å². The lowest BCUT2D eigenvalue weighted by atomic mass is 10.1. The van der Waals surface area contributed by atoms with Gasteiger partial charge in [-0.1, -0.05) is 35.5 Å². The minimum absolute atomic E-state index is 0.203. The molecule has 1 amide bonds. The average Bonchev–Trinajstić information content (AvgIpc) is 3.17. The number of aromatic nitrogens is 3. The van der Waals surface area contributed by atoms with Crippen molar-refractivity contribution in [3.8, 4) is 0 Å². The van der Waals surface area contributed by atoms with E-state index < -0.39 is 6.04 Å². The number of amides is 1. The van der Waals surface area contributed by atoms with Gasteiger partial charge in [-0.15, -0.1) is 0 Å². The number of hydrogen-bond acceptors (Lipinski definition) is 5. The third-order valence-corrected chi connectivity index (χ3v) is 3.53. The van der Waals surface area contributed by atoms with Gasteiger partial charge in [0.1, 0.15) is 11.8 Å². The van der Waals surface area contributed by atoms with Crippen LogP contribution in [0.25, 0.3) is 0 Å². The quantitative estimate of drug-likeness (QED) is 0.725. The molecule has 7 heteroatoms. The van der Waals surface area contributed by atoms with E-state index in [1.54, 1.807) is 17.7 Å². The highest BCUT2D eigenvalue weighted by molar-refractivity contribution is 5.94. The molecule has 3 rings (SSSR count). The Morgan fingerprint density at radius 1 is 1.29 bits per heavy atom. The van der Waals surface area contributed by atoms with Gasteiger partial charge < -0.3 is 9.84 Å². The number of carbonyl (C=O) groups is 1. The molecular formula is C17H19N5O2. The molecule has 24 heavy (non-hydrogen) atoms. The van der Waals surface area contributed by atoms with Gasteiger partial charge in [0.15, 0.2) is 5.82 Å². The molecule has 1 atom stereocenters. The van der Waals surface area contributed by atoms with Crippen molar-refractivity contribution in [3.63, 3.8) is 0 Å². The number of nitrogens with zero attached hydrogens (tertiary/aromatic N) is 3. The Balaban J connectivity index is 1.75. The highest BCUT2D eigenvalue weighted by Crippen LogP contribution is 2.16. The first-order valence-electron chi connectivity index (χ1n) is 7.63. The molecule has 2 heterocycles. The van der Waals surface area contributed by atoms with Crippen LogP contribution in [0.2, 0.25) is 0 Å². The van der Waals surface area contributed by atoms with Gasteiger partial charge in [0.05, 0.1) is 5.69 Å². The summed E-state index contributed by atoms with van der Waals surface area (Å²) in [5.74, 6) is 0.839. The van der Waals surface area contributed by atoms with Crippen molar-refractivity contribution in [2.75, 3.05) is 5.32 Å². The second kappa shape index (κ2) is 7.10. The largest absolute Gasteiger partial charge is 0.360 e. The zero-order valence-electron chi connectivity index (χ0n) is 13.6. The molecular weight excluding hydrogens is 306 g/mol. The number of rotatable bonds is 6. The molecule has 2 N–H and O–H groups in total. The summed E-state index contributed by atoms with van der Waals surface area (Å²) in [5, 5.41) is 14.1. The van der Waals surface area contributed by atoms with Gasteiger partial charge in [-0.25, -0.2) is 0 Å². The summed E-state index contributed by atoms with van der Waals surface area (Å²) in [5.41, 5.74) is 1.73. The molecule has 7 nitrogen and oxygen atoms in total. The first-order chi connectivity index (χ1) is 11.6. The van der Waals surface area contributed by atoms with Crippen molar-refractivity contribution in [2.24, 2.45) is 7.05 Å².